The summed E-state index contributed by atoms with van der Waals surface area (Å²) >= 11 is 0. The smallest absolute Gasteiger partial charge is 0.325 e. The molecule has 0 amide bonds. The lowest BCUT2D eigenvalue weighted by Crippen LogP contribution is -2.31. The van der Waals surface area contributed by atoms with E-state index in [4.69, 9.17) is 0 Å². The van der Waals surface area contributed by atoms with Gasteiger partial charge in [-0.2, -0.15) is 4.57 Å². The van der Waals surface area contributed by atoms with Crippen molar-refractivity contribution in [3.63, 3.8) is 0 Å². The summed E-state index contributed by atoms with van der Waals surface area (Å²) in [6, 6.07) is 0. The molecule has 12 heavy (non-hydrogen) atoms. The molecule has 0 aliphatic carbocycles. The first-order chi connectivity index (χ1) is 5.88. The standard InChI is InChI=1S/C9H12N2O/c12-9-7-3-1-5-10(7)8-4-2-6-11(8)9/h1-6H2/p+1. The Hall–Kier alpha value is -0.990. The molecule has 0 aromatic carbocycles. The predicted octanol–water partition coefficient (Wildman–Crippen LogP) is 0.374. The van der Waals surface area contributed by atoms with Gasteiger partial charge in [-0.25, -0.2) is 4.57 Å². The molecule has 0 radical (unpaired) electrons. The molecular formula is C9H13N2O+. The van der Waals surface area contributed by atoms with Crippen molar-refractivity contribution in [2.75, 3.05) is 0 Å². The van der Waals surface area contributed by atoms with Crippen molar-refractivity contribution < 1.29 is 9.67 Å². The van der Waals surface area contributed by atoms with Gasteiger partial charge in [0, 0.05) is 6.42 Å². The Labute approximate surface area is 71.3 Å². The highest BCUT2D eigenvalue weighted by Crippen LogP contribution is 2.27. The van der Waals surface area contributed by atoms with E-state index in [-0.39, 0.29) is 0 Å². The molecule has 3 heteroatoms. The molecule has 3 rings (SSSR count). The fourth-order valence-corrected chi connectivity index (χ4v) is 2.52. The molecule has 64 valence electrons. The van der Waals surface area contributed by atoms with Crippen LogP contribution >= 0.6 is 0 Å². The first-order valence-electron chi connectivity index (χ1n) is 4.71. The van der Waals surface area contributed by atoms with Crippen LogP contribution in [0.2, 0.25) is 0 Å². The molecule has 0 saturated carbocycles. The van der Waals surface area contributed by atoms with Crippen LogP contribution < -0.4 is 4.57 Å². The Morgan fingerprint density at radius 1 is 1.25 bits per heavy atom. The Balaban J connectivity index is 2.28. The first-order valence-corrected chi connectivity index (χ1v) is 4.71. The number of aromatic hydroxyl groups is 1. The van der Waals surface area contributed by atoms with E-state index in [0.29, 0.717) is 5.88 Å². The van der Waals surface area contributed by atoms with Gasteiger partial charge in [-0.05, 0) is 12.8 Å². The maximum atomic E-state index is 9.81. The van der Waals surface area contributed by atoms with Crippen molar-refractivity contribution in [1.29, 1.82) is 0 Å². The minimum absolute atomic E-state index is 0.542. The fraction of sp³-hybridized carbons (Fsp3) is 0.667. The molecule has 1 N–H and O–H groups in total. The molecule has 0 unspecified atom stereocenters. The Morgan fingerprint density at radius 3 is 3.08 bits per heavy atom. The summed E-state index contributed by atoms with van der Waals surface area (Å²) in [5.74, 6) is 1.89. The lowest BCUT2D eigenvalue weighted by atomic mass is 10.3. The van der Waals surface area contributed by atoms with Gasteiger partial charge in [-0.1, -0.05) is 0 Å². The van der Waals surface area contributed by atoms with Crippen LogP contribution in [-0.2, 0) is 25.9 Å². The second-order valence-electron chi connectivity index (χ2n) is 3.70. The van der Waals surface area contributed by atoms with E-state index in [1.807, 2.05) is 0 Å². The number of hydrogen-bond donors (Lipinski definition) is 1. The summed E-state index contributed by atoms with van der Waals surface area (Å²) in [6.07, 6.45) is 4.61. The Bertz CT molecular complexity index is 309. The Morgan fingerprint density at radius 2 is 2.17 bits per heavy atom. The van der Waals surface area contributed by atoms with Crippen molar-refractivity contribution in [1.82, 2.24) is 4.57 Å². The predicted molar refractivity (Wildman–Crippen MR) is 42.9 cm³/mol. The van der Waals surface area contributed by atoms with Gasteiger partial charge in [-0.3, -0.25) is 0 Å². The van der Waals surface area contributed by atoms with Crippen LogP contribution in [0.15, 0.2) is 0 Å². The molecule has 0 saturated heterocycles. The second-order valence-corrected chi connectivity index (χ2v) is 3.70. The van der Waals surface area contributed by atoms with E-state index in [1.54, 1.807) is 0 Å². The zero-order valence-electron chi connectivity index (χ0n) is 7.08. The minimum atomic E-state index is 0.542. The summed E-state index contributed by atoms with van der Waals surface area (Å²) in [5.41, 5.74) is 1.17. The Kier molecular flexibility index (Phi) is 1.10. The molecule has 2 aliphatic rings. The fourth-order valence-electron chi connectivity index (χ4n) is 2.52. The highest BCUT2D eigenvalue weighted by molar-refractivity contribution is 5.19. The third kappa shape index (κ3) is 0.601. The number of imidazole rings is 1. The summed E-state index contributed by atoms with van der Waals surface area (Å²) in [7, 11) is 0. The average Bonchev–Trinajstić information content (AvgIpc) is 2.72. The van der Waals surface area contributed by atoms with Gasteiger partial charge in [-0.15, -0.1) is 0 Å². The quantitative estimate of drug-likeness (QED) is 0.553. The maximum Gasteiger partial charge on any atom is 0.325 e. The highest BCUT2D eigenvalue weighted by Gasteiger charge is 2.35. The zero-order chi connectivity index (χ0) is 8.13. The van der Waals surface area contributed by atoms with Crippen LogP contribution in [0.5, 0.6) is 5.88 Å². The number of hydrogen-bond acceptors (Lipinski definition) is 1. The van der Waals surface area contributed by atoms with Crippen molar-refractivity contribution in [3.05, 3.63) is 11.5 Å². The summed E-state index contributed by atoms with van der Waals surface area (Å²) in [6.45, 7) is 2.13. The molecule has 0 atom stereocenters. The average molecular weight is 165 g/mol. The second kappa shape index (κ2) is 2.03. The SMILES string of the molecule is Oc1c2n(c3[n+]1CCC3)CCC2. The molecule has 0 spiro atoms. The third-order valence-electron chi connectivity index (χ3n) is 3.04. The number of nitrogens with zero attached hydrogens (tertiary/aromatic N) is 2. The van der Waals surface area contributed by atoms with Crippen molar-refractivity contribution in [2.45, 2.75) is 38.8 Å². The van der Waals surface area contributed by atoms with E-state index in [2.05, 4.69) is 9.13 Å². The topological polar surface area (TPSA) is 29.0 Å². The lowest BCUT2D eigenvalue weighted by molar-refractivity contribution is -0.696. The minimum Gasteiger partial charge on any atom is -0.475 e. The van der Waals surface area contributed by atoms with Crippen LogP contribution in [0.3, 0.4) is 0 Å². The van der Waals surface area contributed by atoms with E-state index >= 15 is 0 Å². The van der Waals surface area contributed by atoms with E-state index in [9.17, 15) is 5.11 Å². The van der Waals surface area contributed by atoms with Crippen molar-refractivity contribution in [3.8, 4) is 5.88 Å². The molecule has 3 nitrogen and oxygen atoms in total. The van der Waals surface area contributed by atoms with Crippen LogP contribution in [0.25, 0.3) is 0 Å². The largest absolute Gasteiger partial charge is 0.475 e. The maximum absolute atomic E-state index is 9.81. The van der Waals surface area contributed by atoms with Crippen molar-refractivity contribution in [2.24, 2.45) is 0 Å². The van der Waals surface area contributed by atoms with Crippen LogP contribution in [0, 0.1) is 0 Å². The van der Waals surface area contributed by atoms with E-state index < -0.39 is 0 Å². The van der Waals surface area contributed by atoms with Crippen LogP contribution in [0.1, 0.15) is 24.4 Å². The molecule has 2 aliphatic heterocycles. The van der Waals surface area contributed by atoms with Crippen LogP contribution in [0.4, 0.5) is 0 Å². The van der Waals surface area contributed by atoms with Gasteiger partial charge in [0.2, 0.25) is 0 Å². The summed E-state index contributed by atoms with van der Waals surface area (Å²) in [4.78, 5) is 0. The summed E-state index contributed by atoms with van der Waals surface area (Å²) < 4.78 is 4.39. The number of fused-ring (bicyclic) bond motifs is 3. The van der Waals surface area contributed by atoms with Crippen LogP contribution in [-0.4, -0.2) is 9.67 Å². The molecule has 1 aromatic heterocycles. The van der Waals surface area contributed by atoms with Gasteiger partial charge in [0.25, 0.3) is 5.82 Å². The van der Waals surface area contributed by atoms with Crippen molar-refractivity contribution >= 4 is 0 Å². The van der Waals surface area contributed by atoms with Gasteiger partial charge in [0.05, 0.1) is 19.5 Å². The van der Waals surface area contributed by atoms with E-state index in [1.165, 1.54) is 24.4 Å². The third-order valence-corrected chi connectivity index (χ3v) is 3.04. The first kappa shape index (κ1) is 6.52. The summed E-state index contributed by atoms with van der Waals surface area (Å²) in [5, 5.41) is 9.81. The zero-order valence-corrected chi connectivity index (χ0v) is 7.08. The molecule has 0 fully saturated rings. The molecular weight excluding hydrogens is 152 g/mol. The van der Waals surface area contributed by atoms with Gasteiger partial charge < -0.3 is 5.11 Å². The highest BCUT2D eigenvalue weighted by atomic mass is 16.3. The van der Waals surface area contributed by atoms with Gasteiger partial charge in [0.15, 0.2) is 5.69 Å². The number of aromatic nitrogens is 2. The molecule has 1 aromatic rings. The lowest BCUT2D eigenvalue weighted by Gasteiger charge is -1.90. The number of rotatable bonds is 0. The van der Waals surface area contributed by atoms with Gasteiger partial charge >= 0.3 is 5.88 Å². The normalized spacial score (nSPS) is 19.7. The molecule has 3 heterocycles. The monoisotopic (exact) mass is 165 g/mol. The molecule has 0 bridgehead atoms. The van der Waals surface area contributed by atoms with E-state index in [0.717, 1.165) is 25.9 Å². The van der Waals surface area contributed by atoms with Gasteiger partial charge in [0.1, 0.15) is 0 Å².